The molecule has 1 heterocycles. The lowest BCUT2D eigenvalue weighted by molar-refractivity contribution is 0.626. The van der Waals surface area contributed by atoms with Gasteiger partial charge in [-0.25, -0.2) is 4.39 Å². The van der Waals surface area contributed by atoms with Crippen molar-refractivity contribution >= 4 is 6.08 Å². The molecule has 62 valence electrons. The molecule has 2 heteroatoms. The Balaban J connectivity index is 2.44. The number of benzene rings is 1. The third-order valence-corrected chi connectivity index (χ3v) is 1.92. The molecule has 2 rings (SSSR count). The maximum Gasteiger partial charge on any atom is 0.123 e. The maximum absolute atomic E-state index is 12.8. The van der Waals surface area contributed by atoms with Crippen LogP contribution in [0.4, 0.5) is 4.39 Å². The van der Waals surface area contributed by atoms with Crippen LogP contribution in [0.5, 0.6) is 0 Å². The first-order chi connectivity index (χ1) is 6.25. The zero-order valence-corrected chi connectivity index (χ0v) is 6.63. The second kappa shape index (κ2) is 3.07. The molecule has 0 amide bonds. The number of rotatable bonds is 0. The molecule has 0 atom stereocenters. The molecule has 1 aromatic rings. The van der Waals surface area contributed by atoms with Crippen molar-refractivity contribution in [3.05, 3.63) is 41.2 Å². The molecule has 0 aromatic heterocycles. The highest BCUT2D eigenvalue weighted by Gasteiger charge is 2.02. The van der Waals surface area contributed by atoms with Crippen molar-refractivity contribution in [2.75, 3.05) is 6.54 Å². The summed E-state index contributed by atoms with van der Waals surface area (Å²) in [7, 11) is 0. The Kier molecular flexibility index (Phi) is 1.63. The van der Waals surface area contributed by atoms with E-state index in [-0.39, 0.29) is 5.82 Å². The fourth-order valence-corrected chi connectivity index (χ4v) is 1.30. The summed E-state index contributed by atoms with van der Waals surface area (Å²) in [5, 5.41) is 1.44. The summed E-state index contributed by atoms with van der Waals surface area (Å²) in [6.45, 7) is 1.15. The zero-order chi connectivity index (χ0) is 9.26. The minimum absolute atomic E-state index is 0.221. The van der Waals surface area contributed by atoms with Gasteiger partial charge >= 0.3 is 0 Å². The van der Waals surface area contributed by atoms with E-state index in [0.29, 0.717) is 13.1 Å². The fraction of sp³-hybridized carbons (Fsp3) is 0.200. The van der Waals surface area contributed by atoms with Crippen molar-refractivity contribution in [2.45, 2.75) is 6.54 Å². The molecule has 0 saturated heterocycles. The van der Waals surface area contributed by atoms with Gasteiger partial charge in [-0.05, 0) is 23.3 Å². The van der Waals surface area contributed by atoms with Crippen LogP contribution in [0.2, 0.25) is 1.41 Å². The normalized spacial score (nSPS) is 18.2. The standard InChI is InChI=1S/C10H10FN/c11-10-4-3-9-7-12-5-1-2-8(9)6-10/h1-4,6,12H,5,7H2/i/hD. The van der Waals surface area contributed by atoms with Gasteiger partial charge in [0.05, 0.1) is 0 Å². The van der Waals surface area contributed by atoms with Gasteiger partial charge in [0.15, 0.2) is 0 Å². The summed E-state index contributed by atoms with van der Waals surface area (Å²) in [4.78, 5) is 0. The van der Waals surface area contributed by atoms with Gasteiger partial charge < -0.3 is 5.31 Å². The number of fused-ring (bicyclic) bond motifs is 1. The highest BCUT2D eigenvalue weighted by molar-refractivity contribution is 5.54. The lowest BCUT2D eigenvalue weighted by Gasteiger charge is -2.02. The number of hydrogen-bond donors (Lipinski definition) is 1. The molecule has 0 radical (unpaired) electrons. The number of hydrogen-bond acceptors (Lipinski definition) is 1. The molecule has 0 bridgehead atoms. The van der Waals surface area contributed by atoms with E-state index in [1.165, 1.54) is 17.4 Å². The minimum atomic E-state index is -0.221. The molecule has 12 heavy (non-hydrogen) atoms. The van der Waals surface area contributed by atoms with Crippen molar-refractivity contribution in [3.63, 3.8) is 0 Å². The molecule has 0 aliphatic carbocycles. The monoisotopic (exact) mass is 164 g/mol. The first kappa shape index (κ1) is 6.38. The van der Waals surface area contributed by atoms with Crippen LogP contribution < -0.4 is 5.31 Å². The largest absolute Gasteiger partial charge is 0.309 e. The van der Waals surface area contributed by atoms with E-state index in [1.807, 2.05) is 12.2 Å². The molecule has 0 unspecified atom stereocenters. The van der Waals surface area contributed by atoms with Gasteiger partial charge in [0.25, 0.3) is 0 Å². The van der Waals surface area contributed by atoms with Gasteiger partial charge in [0, 0.05) is 13.1 Å². The van der Waals surface area contributed by atoms with Gasteiger partial charge in [-0.2, -0.15) is 0 Å². The molecule has 0 saturated carbocycles. The van der Waals surface area contributed by atoms with E-state index >= 15 is 0 Å². The summed E-state index contributed by atoms with van der Waals surface area (Å²) >= 11 is 0. The quantitative estimate of drug-likeness (QED) is 0.618. The predicted octanol–water partition coefficient (Wildman–Crippen LogP) is 1.94. The second-order valence-corrected chi connectivity index (χ2v) is 2.81. The van der Waals surface area contributed by atoms with Crippen LogP contribution in [0, 0.1) is 5.82 Å². The molecule has 1 N–H and O–H groups in total. The number of nitrogens with one attached hydrogen (secondary N) is 1. The molecular weight excluding hydrogens is 153 g/mol. The van der Waals surface area contributed by atoms with E-state index in [9.17, 15) is 4.39 Å². The Morgan fingerprint density at radius 1 is 1.50 bits per heavy atom. The van der Waals surface area contributed by atoms with Crippen LogP contribution in [0.25, 0.3) is 6.08 Å². The predicted molar refractivity (Wildman–Crippen MR) is 47.1 cm³/mol. The highest BCUT2D eigenvalue weighted by atomic mass is 19.1. The van der Waals surface area contributed by atoms with E-state index in [4.69, 9.17) is 1.41 Å². The van der Waals surface area contributed by atoms with Gasteiger partial charge in [0.2, 0.25) is 0 Å². The summed E-state index contributed by atoms with van der Waals surface area (Å²) in [5.74, 6) is -0.221. The highest BCUT2D eigenvalue weighted by Crippen LogP contribution is 2.14. The molecular formula is C10H10FN. The van der Waals surface area contributed by atoms with Crippen molar-refractivity contribution in [1.29, 1.82) is 0 Å². The van der Waals surface area contributed by atoms with Crippen LogP contribution in [0.3, 0.4) is 0 Å². The van der Waals surface area contributed by atoms with Crippen LogP contribution in [-0.4, -0.2) is 6.54 Å². The summed E-state index contributed by atoms with van der Waals surface area (Å²) in [5.41, 5.74) is 1.89. The van der Waals surface area contributed by atoms with Crippen LogP contribution in [-0.2, 0) is 6.54 Å². The molecule has 1 aliphatic heterocycles. The molecule has 1 aliphatic rings. The third-order valence-electron chi connectivity index (χ3n) is 1.92. The van der Waals surface area contributed by atoms with Gasteiger partial charge in [-0.3, -0.25) is 0 Å². The second-order valence-electron chi connectivity index (χ2n) is 2.81. The van der Waals surface area contributed by atoms with Crippen molar-refractivity contribution in [3.8, 4) is 0 Å². The maximum atomic E-state index is 12.8. The van der Waals surface area contributed by atoms with Crippen molar-refractivity contribution in [1.82, 2.24) is 5.31 Å². The Morgan fingerprint density at radius 2 is 2.42 bits per heavy atom. The van der Waals surface area contributed by atoms with E-state index in [1.54, 1.807) is 6.07 Å². The third kappa shape index (κ3) is 1.38. The lowest BCUT2D eigenvalue weighted by atomic mass is 10.1. The zero-order valence-electron chi connectivity index (χ0n) is 7.63. The lowest BCUT2D eigenvalue weighted by Crippen LogP contribution is -2.11. The van der Waals surface area contributed by atoms with Crippen LogP contribution >= 0.6 is 0 Å². The first-order valence-electron chi connectivity index (χ1n) is 4.39. The average molecular weight is 164 g/mol. The van der Waals surface area contributed by atoms with Gasteiger partial charge in [-0.15, -0.1) is 0 Å². The Morgan fingerprint density at radius 3 is 3.33 bits per heavy atom. The Hall–Kier alpha value is -1.15. The molecule has 0 spiro atoms. The SMILES string of the molecule is [2H]N1CC=Cc2cc(F)ccc2C1. The van der Waals surface area contributed by atoms with Crippen molar-refractivity contribution in [2.24, 2.45) is 0 Å². The minimum Gasteiger partial charge on any atom is -0.309 e. The van der Waals surface area contributed by atoms with Crippen molar-refractivity contribution < 1.29 is 5.80 Å². The first-order valence-corrected chi connectivity index (χ1v) is 3.94. The van der Waals surface area contributed by atoms with Crippen LogP contribution in [0.1, 0.15) is 11.1 Å². The average Bonchev–Trinajstić information content (AvgIpc) is 2.25. The van der Waals surface area contributed by atoms with Gasteiger partial charge in [-0.1, -0.05) is 18.2 Å². The number of halogens is 1. The Bertz CT molecular complexity index is 349. The summed E-state index contributed by atoms with van der Waals surface area (Å²) in [6, 6.07) is 4.68. The summed E-state index contributed by atoms with van der Waals surface area (Å²) in [6.07, 6.45) is 3.74. The van der Waals surface area contributed by atoms with Crippen LogP contribution in [0.15, 0.2) is 24.3 Å². The molecule has 1 aromatic carbocycles. The van der Waals surface area contributed by atoms with E-state index < -0.39 is 0 Å². The smallest absolute Gasteiger partial charge is 0.123 e. The summed E-state index contributed by atoms with van der Waals surface area (Å²) < 4.78 is 20.3. The molecule has 1 nitrogen and oxygen atoms in total. The van der Waals surface area contributed by atoms with E-state index in [0.717, 1.165) is 11.1 Å². The fourth-order valence-electron chi connectivity index (χ4n) is 1.30. The molecule has 0 fully saturated rings. The Labute approximate surface area is 72.4 Å². The van der Waals surface area contributed by atoms with E-state index in [2.05, 4.69) is 0 Å². The topological polar surface area (TPSA) is 12.0 Å². The van der Waals surface area contributed by atoms with Gasteiger partial charge in [0.1, 0.15) is 7.23 Å².